The fourth-order valence-corrected chi connectivity index (χ4v) is 3.57. The largest absolute Gasteiger partial charge is 0.464 e. The molecule has 3 aromatic rings. The molecular weight excluding hydrogens is 437 g/mol. The van der Waals surface area contributed by atoms with Crippen LogP contribution in [0.4, 0.5) is 5.69 Å². The van der Waals surface area contributed by atoms with Crippen LogP contribution in [-0.2, 0) is 18.8 Å². The van der Waals surface area contributed by atoms with E-state index >= 15 is 0 Å². The van der Waals surface area contributed by atoms with E-state index in [1.54, 1.807) is 24.0 Å². The van der Waals surface area contributed by atoms with Crippen LogP contribution < -0.4 is 5.73 Å². The molecule has 3 rings (SSSR count). The normalized spacial score (nSPS) is 10.9. The van der Waals surface area contributed by atoms with Crippen molar-refractivity contribution in [2.75, 3.05) is 12.8 Å². The molecule has 10 heteroatoms. The number of nitrogen functional groups attached to an aromatic ring is 1. The first-order valence-electron chi connectivity index (χ1n) is 7.28. The van der Waals surface area contributed by atoms with Crippen molar-refractivity contribution in [1.29, 1.82) is 0 Å². The minimum atomic E-state index is -0.461. The summed E-state index contributed by atoms with van der Waals surface area (Å²) in [5.74, 6) is -0.461. The minimum absolute atomic E-state index is 0.357. The zero-order valence-corrected chi connectivity index (χ0v) is 16.3. The predicted molar refractivity (Wildman–Crippen MR) is 99.6 cm³/mol. The van der Waals surface area contributed by atoms with Crippen molar-refractivity contribution in [3.05, 3.63) is 27.2 Å². The molecule has 0 amide bonds. The van der Waals surface area contributed by atoms with E-state index in [1.807, 2.05) is 36.6 Å². The second-order valence-electron chi connectivity index (χ2n) is 5.44. The number of pyridine rings is 1. The Morgan fingerprint density at radius 1 is 1.28 bits per heavy atom. The molecule has 130 valence electrons. The Labute approximate surface area is 157 Å². The van der Waals surface area contributed by atoms with Crippen LogP contribution in [0.25, 0.3) is 22.6 Å². The Morgan fingerprint density at radius 2 is 2.00 bits per heavy atom. The van der Waals surface area contributed by atoms with E-state index in [-0.39, 0.29) is 0 Å². The summed E-state index contributed by atoms with van der Waals surface area (Å²) in [6, 6.07) is 1.80. The summed E-state index contributed by atoms with van der Waals surface area (Å²) in [7, 11) is 4.81. The average molecular weight is 453 g/mol. The number of hydrogen-bond donors (Lipinski definition) is 1. The molecular formula is C15H16IN7O2. The number of aromatic nitrogens is 6. The number of halogens is 1. The van der Waals surface area contributed by atoms with Crippen molar-refractivity contribution in [2.45, 2.75) is 6.92 Å². The highest BCUT2D eigenvalue weighted by atomic mass is 127. The number of anilines is 1. The number of methoxy groups -OCH3 is 1. The van der Waals surface area contributed by atoms with Gasteiger partial charge in [-0.3, -0.25) is 9.67 Å². The monoisotopic (exact) mass is 453 g/mol. The highest BCUT2D eigenvalue weighted by Crippen LogP contribution is 2.32. The van der Waals surface area contributed by atoms with Gasteiger partial charge in [0.05, 0.1) is 27.8 Å². The van der Waals surface area contributed by atoms with Crippen molar-refractivity contribution in [1.82, 2.24) is 29.8 Å². The summed E-state index contributed by atoms with van der Waals surface area (Å²) < 4.78 is 8.57. The molecule has 3 aromatic heterocycles. The van der Waals surface area contributed by atoms with Crippen molar-refractivity contribution in [3.8, 4) is 22.6 Å². The second-order valence-corrected chi connectivity index (χ2v) is 6.51. The van der Waals surface area contributed by atoms with E-state index in [1.165, 1.54) is 11.8 Å². The van der Waals surface area contributed by atoms with Gasteiger partial charge >= 0.3 is 5.97 Å². The lowest BCUT2D eigenvalue weighted by molar-refractivity contribution is 0.0587. The van der Waals surface area contributed by atoms with Gasteiger partial charge in [0.15, 0.2) is 5.69 Å². The molecule has 9 nitrogen and oxygen atoms in total. The lowest BCUT2D eigenvalue weighted by Gasteiger charge is -2.07. The third-order valence-corrected chi connectivity index (χ3v) is 4.80. The van der Waals surface area contributed by atoms with Gasteiger partial charge in [-0.2, -0.15) is 5.10 Å². The summed E-state index contributed by atoms with van der Waals surface area (Å²) >= 11 is 2.05. The smallest absolute Gasteiger partial charge is 0.357 e. The van der Waals surface area contributed by atoms with Crippen molar-refractivity contribution in [2.24, 2.45) is 14.1 Å². The first kappa shape index (κ1) is 17.3. The maximum absolute atomic E-state index is 11.9. The Hall–Kier alpha value is -2.50. The average Bonchev–Trinajstić information content (AvgIpc) is 3.05. The zero-order valence-electron chi connectivity index (χ0n) is 14.1. The Bertz CT molecular complexity index is 957. The molecule has 2 N–H and O–H groups in total. The van der Waals surface area contributed by atoms with Crippen LogP contribution in [0, 0.1) is 10.5 Å². The number of nitrogens with two attached hydrogens (primary N) is 1. The molecule has 0 aliphatic heterocycles. The first-order chi connectivity index (χ1) is 11.8. The van der Waals surface area contributed by atoms with Crippen molar-refractivity contribution in [3.63, 3.8) is 0 Å². The zero-order chi connectivity index (χ0) is 18.3. The lowest BCUT2D eigenvalue weighted by atomic mass is 10.1. The van der Waals surface area contributed by atoms with Crippen LogP contribution in [0.15, 0.2) is 12.3 Å². The van der Waals surface area contributed by atoms with Crippen LogP contribution in [-0.4, -0.2) is 42.8 Å². The topological polar surface area (TPSA) is 114 Å². The van der Waals surface area contributed by atoms with E-state index < -0.39 is 5.97 Å². The summed E-state index contributed by atoms with van der Waals surface area (Å²) in [5, 5.41) is 12.4. The minimum Gasteiger partial charge on any atom is -0.464 e. The van der Waals surface area contributed by atoms with Gasteiger partial charge in [0.2, 0.25) is 0 Å². The molecule has 25 heavy (non-hydrogen) atoms. The number of carbonyl (C=O) groups is 1. The van der Waals surface area contributed by atoms with Gasteiger partial charge in [0.25, 0.3) is 0 Å². The third-order valence-electron chi connectivity index (χ3n) is 3.78. The number of ether oxygens (including phenoxy) is 1. The molecule has 0 atom stereocenters. The Kier molecular flexibility index (Phi) is 4.45. The van der Waals surface area contributed by atoms with Gasteiger partial charge in [-0.15, -0.1) is 5.10 Å². The lowest BCUT2D eigenvalue weighted by Crippen LogP contribution is -2.09. The quantitative estimate of drug-likeness (QED) is 0.473. The Morgan fingerprint density at radius 3 is 2.56 bits per heavy atom. The summed E-state index contributed by atoms with van der Waals surface area (Å²) in [6.07, 6.45) is 1.69. The molecule has 0 bridgehead atoms. The van der Waals surface area contributed by atoms with Gasteiger partial charge in [-0.25, -0.2) is 9.48 Å². The molecule has 0 aliphatic carbocycles. The van der Waals surface area contributed by atoms with Crippen molar-refractivity contribution >= 4 is 34.2 Å². The first-order valence-corrected chi connectivity index (χ1v) is 8.36. The second kappa shape index (κ2) is 6.43. The van der Waals surface area contributed by atoms with E-state index in [9.17, 15) is 4.79 Å². The molecule has 0 radical (unpaired) electrons. The fraction of sp³-hybridized carbons (Fsp3) is 0.267. The number of rotatable bonds is 3. The van der Waals surface area contributed by atoms with Crippen molar-refractivity contribution < 1.29 is 9.53 Å². The number of esters is 1. The summed E-state index contributed by atoms with van der Waals surface area (Å²) in [4.78, 5) is 16.4. The number of hydrogen-bond acceptors (Lipinski definition) is 7. The van der Waals surface area contributed by atoms with E-state index in [2.05, 4.69) is 20.4 Å². The molecule has 0 saturated carbocycles. The van der Waals surface area contributed by atoms with Gasteiger partial charge in [-0.1, -0.05) is 5.21 Å². The number of nitrogens with zero attached hydrogens (tertiary/aromatic N) is 6. The van der Waals surface area contributed by atoms with Gasteiger partial charge in [-0.05, 0) is 35.6 Å². The maximum Gasteiger partial charge on any atom is 0.357 e. The van der Waals surface area contributed by atoms with Crippen LogP contribution >= 0.6 is 22.6 Å². The van der Waals surface area contributed by atoms with Crippen LogP contribution in [0.5, 0.6) is 0 Å². The van der Waals surface area contributed by atoms with Gasteiger partial charge < -0.3 is 10.5 Å². The standard InChI is InChI=1S/C15H16IN7O2/c1-7-13(23(3)21-19-7)8-5-9(17)11(18-6-8)12-10(16)14(15(24)25-4)22(2)20-12/h5-6H,17H2,1-4H3. The number of carbonyl (C=O) groups excluding carboxylic acids is 1. The summed E-state index contributed by atoms with van der Waals surface area (Å²) in [6.45, 7) is 1.87. The van der Waals surface area contributed by atoms with Gasteiger partial charge in [0.1, 0.15) is 11.4 Å². The SMILES string of the molecule is COC(=O)c1c(I)c(-c2ncc(-c3c(C)nnn3C)cc2N)nn1C. The molecule has 0 saturated heterocycles. The Balaban J connectivity index is 2.10. The van der Waals surface area contributed by atoms with E-state index in [0.29, 0.717) is 26.3 Å². The van der Waals surface area contributed by atoms with E-state index in [4.69, 9.17) is 10.5 Å². The highest BCUT2D eigenvalue weighted by molar-refractivity contribution is 14.1. The van der Waals surface area contributed by atoms with Crippen LogP contribution in [0.3, 0.4) is 0 Å². The maximum atomic E-state index is 11.9. The fourth-order valence-electron chi connectivity index (χ4n) is 2.63. The van der Waals surface area contributed by atoms with E-state index in [0.717, 1.165) is 17.0 Å². The third kappa shape index (κ3) is 2.86. The summed E-state index contributed by atoms with van der Waals surface area (Å²) in [5.41, 5.74) is 10.5. The molecule has 0 aliphatic rings. The molecule has 3 heterocycles. The predicted octanol–water partition coefficient (Wildman–Crippen LogP) is 1.56. The molecule has 0 fully saturated rings. The number of aryl methyl sites for hydroxylation is 3. The molecule has 0 unspecified atom stereocenters. The van der Waals surface area contributed by atoms with Crippen LogP contribution in [0.1, 0.15) is 16.2 Å². The van der Waals surface area contributed by atoms with Gasteiger partial charge in [0, 0.05) is 25.9 Å². The molecule has 0 aromatic carbocycles. The van der Waals surface area contributed by atoms with Crippen LogP contribution in [0.2, 0.25) is 0 Å². The molecule has 0 spiro atoms. The highest BCUT2D eigenvalue weighted by Gasteiger charge is 2.24.